The molecule has 0 radical (unpaired) electrons. The Morgan fingerprint density at radius 3 is 2.58 bits per heavy atom. The first-order valence-electron chi connectivity index (χ1n) is 8.76. The molecule has 0 atom stereocenters. The fourth-order valence-electron chi connectivity index (χ4n) is 3.67. The molecule has 3 heterocycles. The molecule has 3 aromatic rings. The molecule has 0 bridgehead atoms. The van der Waals surface area contributed by atoms with Gasteiger partial charge in [-0.25, -0.2) is 0 Å². The molecule has 2 aromatic heterocycles. The summed E-state index contributed by atoms with van der Waals surface area (Å²) in [5.74, 6) is 1.55. The van der Waals surface area contributed by atoms with Gasteiger partial charge in [-0.15, -0.1) is 10.2 Å². The number of piperidine rings is 1. The third-order valence-electron chi connectivity index (χ3n) is 4.85. The Balaban J connectivity index is 1.95. The molecule has 1 saturated heterocycles. The van der Waals surface area contributed by atoms with Gasteiger partial charge in [-0.3, -0.25) is 18.7 Å². The molecule has 0 unspecified atom stereocenters. The molecule has 0 spiro atoms. The summed E-state index contributed by atoms with van der Waals surface area (Å²) >= 11 is 0. The van der Waals surface area contributed by atoms with Crippen molar-refractivity contribution in [3.8, 4) is 0 Å². The van der Waals surface area contributed by atoms with Gasteiger partial charge in [0.05, 0.1) is 17.4 Å². The Morgan fingerprint density at radius 1 is 1.08 bits per heavy atom. The lowest BCUT2D eigenvalue weighted by atomic mass is 10.1. The zero-order valence-corrected chi connectivity index (χ0v) is 14.3. The maximum Gasteiger partial charge on any atom is 0.263 e. The first kappa shape index (κ1) is 15.3. The third kappa shape index (κ3) is 2.41. The number of aromatic nitrogens is 4. The normalized spacial score (nSPS) is 16.5. The first-order valence-corrected chi connectivity index (χ1v) is 8.76. The number of nitrogens with zero attached hydrogens (tertiary/aromatic N) is 5. The van der Waals surface area contributed by atoms with Crippen LogP contribution in [0.1, 0.15) is 45.0 Å². The van der Waals surface area contributed by atoms with Gasteiger partial charge in [-0.05, 0) is 51.9 Å². The van der Waals surface area contributed by atoms with E-state index in [-0.39, 0.29) is 11.6 Å². The summed E-state index contributed by atoms with van der Waals surface area (Å²) in [7, 11) is 0. The number of para-hydroxylation sites is 1. The topological polar surface area (TPSA) is 55.4 Å². The van der Waals surface area contributed by atoms with Gasteiger partial charge < -0.3 is 0 Å². The number of rotatable bonds is 3. The maximum atomic E-state index is 12.9. The molecule has 1 aromatic carbocycles. The minimum Gasteiger partial charge on any atom is -0.296 e. The Bertz CT molecular complexity index is 934. The Labute approximate surface area is 140 Å². The van der Waals surface area contributed by atoms with Crippen LogP contribution in [-0.2, 0) is 6.54 Å². The van der Waals surface area contributed by atoms with Crippen molar-refractivity contribution < 1.29 is 0 Å². The number of fused-ring (bicyclic) bond motifs is 3. The van der Waals surface area contributed by atoms with Crippen LogP contribution in [0.3, 0.4) is 0 Å². The van der Waals surface area contributed by atoms with Crippen LogP contribution in [0.5, 0.6) is 0 Å². The van der Waals surface area contributed by atoms with E-state index in [2.05, 4.69) is 19.5 Å². The molecule has 1 aliphatic heterocycles. The molecular weight excluding hydrogens is 302 g/mol. The average Bonchev–Trinajstić information content (AvgIpc) is 2.99. The molecule has 1 fully saturated rings. The third-order valence-corrected chi connectivity index (χ3v) is 4.85. The molecule has 0 aliphatic carbocycles. The zero-order chi connectivity index (χ0) is 16.7. The molecule has 0 amide bonds. The molecule has 6 nitrogen and oxygen atoms in total. The molecule has 24 heavy (non-hydrogen) atoms. The molecular formula is C18H23N5O. The van der Waals surface area contributed by atoms with Gasteiger partial charge in [0.25, 0.3) is 5.56 Å². The molecule has 6 heteroatoms. The largest absolute Gasteiger partial charge is 0.296 e. The van der Waals surface area contributed by atoms with E-state index < -0.39 is 0 Å². The number of likely N-dealkylation sites (tertiary alicyclic amines) is 1. The SMILES string of the molecule is CC(C)n1c(=O)c2ccccc2n2c(CN3CCCCC3)nnc12. The maximum absolute atomic E-state index is 12.9. The summed E-state index contributed by atoms with van der Waals surface area (Å²) < 4.78 is 3.81. The minimum atomic E-state index is 0.00465. The summed E-state index contributed by atoms with van der Waals surface area (Å²) in [6, 6.07) is 7.79. The Hall–Kier alpha value is -2.21. The van der Waals surface area contributed by atoms with Crippen molar-refractivity contribution in [2.75, 3.05) is 13.1 Å². The fraction of sp³-hybridized carbons (Fsp3) is 0.500. The number of hydrogen-bond donors (Lipinski definition) is 0. The monoisotopic (exact) mass is 325 g/mol. The van der Waals surface area contributed by atoms with Crippen molar-refractivity contribution in [3.63, 3.8) is 0 Å². The molecule has 4 rings (SSSR count). The molecule has 0 N–H and O–H groups in total. The van der Waals surface area contributed by atoms with Crippen molar-refractivity contribution >= 4 is 16.7 Å². The Morgan fingerprint density at radius 2 is 1.83 bits per heavy atom. The fourth-order valence-corrected chi connectivity index (χ4v) is 3.67. The highest BCUT2D eigenvalue weighted by Crippen LogP contribution is 2.19. The highest BCUT2D eigenvalue weighted by molar-refractivity contribution is 5.80. The van der Waals surface area contributed by atoms with E-state index in [0.717, 1.165) is 36.4 Å². The van der Waals surface area contributed by atoms with Crippen molar-refractivity contribution in [2.24, 2.45) is 0 Å². The van der Waals surface area contributed by atoms with Gasteiger partial charge in [0.15, 0.2) is 5.82 Å². The van der Waals surface area contributed by atoms with Crippen LogP contribution in [0.2, 0.25) is 0 Å². The van der Waals surface area contributed by atoms with E-state index in [1.54, 1.807) is 4.57 Å². The second-order valence-corrected chi connectivity index (χ2v) is 6.87. The van der Waals surface area contributed by atoms with Gasteiger partial charge in [0, 0.05) is 6.04 Å². The van der Waals surface area contributed by atoms with Crippen LogP contribution in [0.15, 0.2) is 29.1 Å². The second kappa shape index (κ2) is 6.02. The van der Waals surface area contributed by atoms with Crippen LogP contribution < -0.4 is 5.56 Å². The van der Waals surface area contributed by atoms with Crippen LogP contribution >= 0.6 is 0 Å². The lowest BCUT2D eigenvalue weighted by Gasteiger charge is -2.25. The Kier molecular flexibility index (Phi) is 3.84. The van der Waals surface area contributed by atoms with Gasteiger partial charge in [-0.1, -0.05) is 18.6 Å². The van der Waals surface area contributed by atoms with Gasteiger partial charge in [-0.2, -0.15) is 0 Å². The van der Waals surface area contributed by atoms with Gasteiger partial charge in [0.1, 0.15) is 0 Å². The predicted octanol–water partition coefficient (Wildman–Crippen LogP) is 2.61. The van der Waals surface area contributed by atoms with Crippen molar-refractivity contribution in [1.29, 1.82) is 0 Å². The highest BCUT2D eigenvalue weighted by atomic mass is 16.1. The van der Waals surface area contributed by atoms with Crippen LogP contribution in [0.4, 0.5) is 0 Å². The van der Waals surface area contributed by atoms with E-state index in [0.29, 0.717) is 5.78 Å². The summed E-state index contributed by atoms with van der Waals surface area (Å²) in [4.78, 5) is 15.3. The summed E-state index contributed by atoms with van der Waals surface area (Å²) in [5, 5.41) is 9.52. The number of hydrogen-bond acceptors (Lipinski definition) is 4. The first-order chi connectivity index (χ1) is 11.7. The predicted molar refractivity (Wildman–Crippen MR) is 94.3 cm³/mol. The minimum absolute atomic E-state index is 0.00465. The van der Waals surface area contributed by atoms with Crippen molar-refractivity contribution in [1.82, 2.24) is 24.1 Å². The quantitative estimate of drug-likeness (QED) is 0.743. The van der Waals surface area contributed by atoms with E-state index >= 15 is 0 Å². The summed E-state index contributed by atoms with van der Waals surface area (Å²) in [6.07, 6.45) is 3.80. The highest BCUT2D eigenvalue weighted by Gasteiger charge is 2.20. The molecule has 1 aliphatic rings. The van der Waals surface area contributed by atoms with Crippen molar-refractivity contribution in [2.45, 2.75) is 45.7 Å². The molecule has 0 saturated carbocycles. The second-order valence-electron chi connectivity index (χ2n) is 6.87. The lowest BCUT2D eigenvalue weighted by molar-refractivity contribution is 0.215. The van der Waals surface area contributed by atoms with E-state index in [4.69, 9.17) is 0 Å². The lowest BCUT2D eigenvalue weighted by Crippen LogP contribution is -2.30. The van der Waals surface area contributed by atoms with Crippen molar-refractivity contribution in [3.05, 3.63) is 40.4 Å². The van der Waals surface area contributed by atoms with E-state index in [1.807, 2.05) is 38.1 Å². The van der Waals surface area contributed by atoms with E-state index in [9.17, 15) is 4.79 Å². The standard InChI is InChI=1S/C18H23N5O/c1-13(2)22-17(24)14-8-4-5-9-15(14)23-16(19-20-18(22)23)12-21-10-6-3-7-11-21/h4-5,8-9,13H,3,6-7,10-12H2,1-2H3. The van der Waals surface area contributed by atoms with Crippen LogP contribution in [-0.4, -0.2) is 37.2 Å². The van der Waals surface area contributed by atoms with Gasteiger partial charge >= 0.3 is 0 Å². The summed E-state index contributed by atoms with van der Waals surface area (Å²) in [5.41, 5.74) is 0.899. The summed E-state index contributed by atoms with van der Waals surface area (Å²) in [6.45, 7) is 7.01. The van der Waals surface area contributed by atoms with Crippen LogP contribution in [0, 0.1) is 0 Å². The number of benzene rings is 1. The van der Waals surface area contributed by atoms with Gasteiger partial charge in [0.2, 0.25) is 5.78 Å². The average molecular weight is 325 g/mol. The van der Waals surface area contributed by atoms with E-state index in [1.165, 1.54) is 19.3 Å². The zero-order valence-electron chi connectivity index (χ0n) is 14.3. The smallest absolute Gasteiger partial charge is 0.263 e. The van der Waals surface area contributed by atoms with Crippen LogP contribution in [0.25, 0.3) is 16.7 Å². The molecule has 126 valence electrons.